The summed E-state index contributed by atoms with van der Waals surface area (Å²) in [6.45, 7) is 1.85. The van der Waals surface area contributed by atoms with E-state index < -0.39 is 5.82 Å². The van der Waals surface area contributed by atoms with E-state index in [2.05, 4.69) is 4.98 Å². The minimum Gasteiger partial charge on any atom is -0.298 e. The highest BCUT2D eigenvalue weighted by Gasteiger charge is 2.09. The van der Waals surface area contributed by atoms with E-state index in [1.165, 1.54) is 6.07 Å². The first-order valence-electron chi connectivity index (χ1n) is 4.89. The lowest BCUT2D eigenvalue weighted by Gasteiger charge is -2.06. The first-order valence-corrected chi connectivity index (χ1v) is 4.89. The van der Waals surface area contributed by atoms with E-state index in [1.54, 1.807) is 24.4 Å². The highest BCUT2D eigenvalue weighted by Crippen LogP contribution is 2.24. The molecule has 0 saturated heterocycles. The molecule has 0 aliphatic heterocycles. The molecule has 1 heterocycles. The Hall–Kier alpha value is -2.03. The van der Waals surface area contributed by atoms with Gasteiger partial charge in [0.15, 0.2) is 6.29 Å². The first kappa shape index (κ1) is 10.5. The predicted molar refractivity (Wildman–Crippen MR) is 59.8 cm³/mol. The average Bonchev–Trinajstić information content (AvgIpc) is 2.28. The molecule has 0 amide bonds. The lowest BCUT2D eigenvalue weighted by Crippen LogP contribution is -1.93. The van der Waals surface area contributed by atoms with Crippen molar-refractivity contribution in [2.75, 3.05) is 0 Å². The maximum Gasteiger partial charge on any atom is 0.153 e. The Morgan fingerprint density at radius 2 is 2.12 bits per heavy atom. The Bertz CT molecular complexity index is 537. The quantitative estimate of drug-likeness (QED) is 0.721. The lowest BCUT2D eigenvalue weighted by molar-refractivity contribution is 0.112. The number of rotatable bonds is 2. The largest absolute Gasteiger partial charge is 0.298 e. The van der Waals surface area contributed by atoms with Gasteiger partial charge in [-0.2, -0.15) is 0 Å². The second-order valence-corrected chi connectivity index (χ2v) is 3.50. The van der Waals surface area contributed by atoms with Gasteiger partial charge in [-0.1, -0.05) is 12.1 Å². The third kappa shape index (κ3) is 1.84. The monoisotopic (exact) mass is 215 g/mol. The van der Waals surface area contributed by atoms with Crippen LogP contribution in [-0.2, 0) is 0 Å². The Kier molecular flexibility index (Phi) is 2.77. The molecule has 0 radical (unpaired) electrons. The number of aromatic nitrogens is 1. The maximum absolute atomic E-state index is 13.4. The molecule has 0 bridgehead atoms. The summed E-state index contributed by atoms with van der Waals surface area (Å²) in [7, 11) is 0. The Morgan fingerprint density at radius 3 is 2.81 bits per heavy atom. The topological polar surface area (TPSA) is 30.0 Å². The van der Waals surface area contributed by atoms with Crippen molar-refractivity contribution in [3.8, 4) is 11.1 Å². The molecule has 2 aromatic rings. The fraction of sp³-hybridized carbons (Fsp3) is 0.0769. The van der Waals surface area contributed by atoms with E-state index in [4.69, 9.17) is 0 Å². The molecule has 0 atom stereocenters. The van der Waals surface area contributed by atoms with Crippen molar-refractivity contribution >= 4 is 6.29 Å². The first-order chi connectivity index (χ1) is 7.72. The summed E-state index contributed by atoms with van der Waals surface area (Å²) in [6, 6.07) is 8.17. The molecule has 0 fully saturated rings. The second kappa shape index (κ2) is 4.23. The van der Waals surface area contributed by atoms with Gasteiger partial charge in [0.25, 0.3) is 0 Å². The number of hydrogen-bond acceptors (Lipinski definition) is 2. The predicted octanol–water partition coefficient (Wildman–Crippen LogP) is 3.01. The van der Waals surface area contributed by atoms with E-state index in [0.717, 1.165) is 11.3 Å². The van der Waals surface area contributed by atoms with E-state index in [0.29, 0.717) is 11.8 Å². The van der Waals surface area contributed by atoms with Crippen molar-refractivity contribution in [1.82, 2.24) is 4.98 Å². The van der Waals surface area contributed by atoms with Gasteiger partial charge in [0.1, 0.15) is 5.82 Å². The normalized spacial score (nSPS) is 10.1. The van der Waals surface area contributed by atoms with Crippen molar-refractivity contribution in [3.05, 3.63) is 53.6 Å². The van der Waals surface area contributed by atoms with Gasteiger partial charge in [-0.25, -0.2) is 4.39 Å². The third-order valence-corrected chi connectivity index (χ3v) is 2.38. The zero-order valence-corrected chi connectivity index (χ0v) is 8.77. The molecule has 3 heteroatoms. The van der Waals surface area contributed by atoms with Crippen LogP contribution >= 0.6 is 0 Å². The van der Waals surface area contributed by atoms with Gasteiger partial charge in [-0.05, 0) is 36.2 Å². The van der Waals surface area contributed by atoms with Crippen molar-refractivity contribution in [1.29, 1.82) is 0 Å². The Morgan fingerprint density at radius 1 is 1.31 bits per heavy atom. The molecule has 1 aromatic heterocycles. The minimum atomic E-state index is -0.498. The number of aldehydes is 1. The molecule has 16 heavy (non-hydrogen) atoms. The molecule has 80 valence electrons. The molecule has 2 rings (SSSR count). The highest BCUT2D eigenvalue weighted by molar-refractivity contribution is 5.87. The van der Waals surface area contributed by atoms with Crippen LogP contribution in [0.4, 0.5) is 4.39 Å². The van der Waals surface area contributed by atoms with Gasteiger partial charge in [0.2, 0.25) is 0 Å². The molecule has 0 spiro atoms. The number of nitrogens with zero attached hydrogens (tertiary/aromatic N) is 1. The molecule has 0 saturated carbocycles. The Balaban J connectivity index is 2.64. The number of pyridine rings is 1. The third-order valence-electron chi connectivity index (χ3n) is 2.38. The maximum atomic E-state index is 13.4. The molecular formula is C13H10FNO. The van der Waals surface area contributed by atoms with Crippen LogP contribution < -0.4 is 0 Å². The number of benzene rings is 1. The van der Waals surface area contributed by atoms with Crippen LogP contribution in [0.3, 0.4) is 0 Å². The van der Waals surface area contributed by atoms with Crippen molar-refractivity contribution in [3.63, 3.8) is 0 Å². The molecule has 2 nitrogen and oxygen atoms in total. The standard InChI is InChI=1S/C13H10FNO/c1-9-7-10(5-6-15-9)11-3-2-4-13(14)12(11)8-16/h2-8H,1H3. The van der Waals surface area contributed by atoms with Gasteiger partial charge in [0, 0.05) is 11.9 Å². The summed E-state index contributed by atoms with van der Waals surface area (Å²) in [5, 5.41) is 0. The molecular weight excluding hydrogens is 205 g/mol. The van der Waals surface area contributed by atoms with Gasteiger partial charge in [0.05, 0.1) is 5.56 Å². The SMILES string of the molecule is Cc1cc(-c2cccc(F)c2C=O)ccn1. The van der Waals surface area contributed by atoms with Gasteiger partial charge < -0.3 is 0 Å². The highest BCUT2D eigenvalue weighted by atomic mass is 19.1. The van der Waals surface area contributed by atoms with Crippen LogP contribution in [0.15, 0.2) is 36.5 Å². The number of carbonyl (C=O) groups is 1. The summed E-state index contributed by atoms with van der Waals surface area (Å²) in [6.07, 6.45) is 2.19. The average molecular weight is 215 g/mol. The van der Waals surface area contributed by atoms with Crippen LogP contribution in [0.25, 0.3) is 11.1 Å². The Labute approximate surface area is 92.8 Å². The minimum absolute atomic E-state index is 0.0908. The zero-order valence-electron chi connectivity index (χ0n) is 8.77. The van der Waals surface area contributed by atoms with Gasteiger partial charge >= 0.3 is 0 Å². The number of hydrogen-bond donors (Lipinski definition) is 0. The summed E-state index contributed by atoms with van der Waals surface area (Å²) in [4.78, 5) is 14.9. The van der Waals surface area contributed by atoms with Crippen LogP contribution in [0.5, 0.6) is 0 Å². The molecule has 0 aliphatic rings. The van der Waals surface area contributed by atoms with E-state index in [9.17, 15) is 9.18 Å². The van der Waals surface area contributed by atoms with Crippen molar-refractivity contribution in [2.24, 2.45) is 0 Å². The lowest BCUT2D eigenvalue weighted by atomic mass is 10.0. The molecule has 1 aromatic carbocycles. The fourth-order valence-electron chi connectivity index (χ4n) is 1.62. The van der Waals surface area contributed by atoms with Crippen LogP contribution in [-0.4, -0.2) is 11.3 Å². The summed E-state index contributed by atoms with van der Waals surface area (Å²) >= 11 is 0. The fourth-order valence-corrected chi connectivity index (χ4v) is 1.62. The number of aryl methyl sites for hydroxylation is 1. The molecule has 0 N–H and O–H groups in total. The summed E-state index contributed by atoms with van der Waals surface area (Å²) < 4.78 is 13.4. The van der Waals surface area contributed by atoms with Crippen molar-refractivity contribution < 1.29 is 9.18 Å². The van der Waals surface area contributed by atoms with Gasteiger partial charge in [-0.3, -0.25) is 9.78 Å². The summed E-state index contributed by atoms with van der Waals surface area (Å²) in [5.41, 5.74) is 2.32. The smallest absolute Gasteiger partial charge is 0.153 e. The number of carbonyl (C=O) groups excluding carboxylic acids is 1. The number of halogens is 1. The van der Waals surface area contributed by atoms with Crippen LogP contribution in [0.2, 0.25) is 0 Å². The van der Waals surface area contributed by atoms with Crippen LogP contribution in [0.1, 0.15) is 16.1 Å². The van der Waals surface area contributed by atoms with Crippen molar-refractivity contribution in [2.45, 2.75) is 6.92 Å². The van der Waals surface area contributed by atoms with E-state index in [-0.39, 0.29) is 5.56 Å². The van der Waals surface area contributed by atoms with Crippen LogP contribution in [0, 0.1) is 12.7 Å². The molecule has 0 aliphatic carbocycles. The van der Waals surface area contributed by atoms with Gasteiger partial charge in [-0.15, -0.1) is 0 Å². The zero-order chi connectivity index (χ0) is 11.5. The summed E-state index contributed by atoms with van der Waals surface area (Å²) in [5.74, 6) is -0.498. The van der Waals surface area contributed by atoms with E-state index in [1.807, 2.05) is 13.0 Å². The second-order valence-electron chi connectivity index (χ2n) is 3.50. The molecule has 0 unspecified atom stereocenters. The van der Waals surface area contributed by atoms with E-state index >= 15 is 0 Å².